The van der Waals surface area contributed by atoms with Crippen LogP contribution in [0, 0.1) is 11.1 Å². The second-order valence-corrected chi connectivity index (χ2v) is 11.1. The second-order valence-electron chi connectivity index (χ2n) is 10.1. The van der Waals surface area contributed by atoms with Gasteiger partial charge in [0.05, 0.1) is 35.6 Å². The second kappa shape index (κ2) is 11.5. The molecule has 2 aliphatic heterocycles. The molecule has 6 rings (SSSR count). The Morgan fingerprint density at radius 3 is 2.12 bits per heavy atom. The first-order valence-electron chi connectivity index (χ1n) is 13.3. The fourth-order valence-corrected chi connectivity index (χ4v) is 6.29. The zero-order valence-corrected chi connectivity index (χ0v) is 23.1. The van der Waals surface area contributed by atoms with Crippen molar-refractivity contribution in [3.05, 3.63) is 130 Å². The number of imide groups is 1. The summed E-state index contributed by atoms with van der Waals surface area (Å²) in [6.07, 6.45) is 0.196. The Labute approximate surface area is 241 Å². The van der Waals surface area contributed by atoms with E-state index in [1.807, 2.05) is 30.3 Å². The summed E-state index contributed by atoms with van der Waals surface area (Å²) in [6, 6.07) is 26.8. The van der Waals surface area contributed by atoms with Crippen molar-refractivity contribution in [3.8, 4) is 0 Å². The minimum atomic E-state index is -0.717. The number of fused-ring (bicyclic) bond motifs is 1. The van der Waals surface area contributed by atoms with Crippen molar-refractivity contribution in [1.29, 1.82) is 0 Å². The van der Waals surface area contributed by atoms with Crippen LogP contribution in [0.1, 0.15) is 56.7 Å². The summed E-state index contributed by atoms with van der Waals surface area (Å²) >= 11 is 1.43. The summed E-state index contributed by atoms with van der Waals surface area (Å²) in [4.78, 5) is 27.1. The summed E-state index contributed by atoms with van der Waals surface area (Å²) in [5.74, 6) is -0.208. The van der Waals surface area contributed by atoms with Crippen molar-refractivity contribution < 1.29 is 28.9 Å². The highest BCUT2D eigenvalue weighted by molar-refractivity contribution is 7.99. The van der Waals surface area contributed by atoms with Crippen LogP contribution < -0.4 is 9.63 Å². The first-order chi connectivity index (χ1) is 19.9. The minimum absolute atomic E-state index is 0.0415. The molecule has 4 unspecified atom stereocenters. The van der Waals surface area contributed by atoms with E-state index in [0.29, 0.717) is 27.6 Å². The van der Waals surface area contributed by atoms with E-state index in [4.69, 9.17) is 9.47 Å². The van der Waals surface area contributed by atoms with Crippen LogP contribution in [0.15, 0.2) is 102 Å². The molecule has 9 heteroatoms. The van der Waals surface area contributed by atoms with Gasteiger partial charge in [-0.05, 0) is 41.5 Å². The predicted molar refractivity (Wildman–Crippen MR) is 153 cm³/mol. The standard InChI is InChI=1S/C32H28N2O6S/c1-20-27(19-41-28-8-4-5-17-33(28)38)39-32(40-29(20)22-11-9-21(18-35)10-12-22)23-13-15-24(16-14-23)34-30(36)25-6-2-3-7-26(25)31(34)37/h2-17,20,27,29,32,35H,18-19H2,1H3. The Morgan fingerprint density at radius 2 is 1.49 bits per heavy atom. The van der Waals surface area contributed by atoms with Crippen molar-refractivity contribution >= 4 is 29.3 Å². The van der Waals surface area contributed by atoms with E-state index in [2.05, 4.69) is 6.92 Å². The summed E-state index contributed by atoms with van der Waals surface area (Å²) in [7, 11) is 0. The van der Waals surface area contributed by atoms with Gasteiger partial charge < -0.3 is 19.8 Å². The van der Waals surface area contributed by atoms with Crippen LogP contribution in [0.3, 0.4) is 0 Å². The number of hydrogen-bond acceptors (Lipinski definition) is 7. The monoisotopic (exact) mass is 568 g/mol. The molecule has 0 radical (unpaired) electrons. The smallest absolute Gasteiger partial charge is 0.266 e. The topological polar surface area (TPSA) is 103 Å². The van der Waals surface area contributed by atoms with E-state index in [-0.39, 0.29) is 36.5 Å². The summed E-state index contributed by atoms with van der Waals surface area (Å²) in [6.45, 7) is 2.02. The first kappa shape index (κ1) is 27.2. The molecule has 0 saturated carbocycles. The zero-order valence-electron chi connectivity index (χ0n) is 22.3. The third-order valence-corrected chi connectivity index (χ3v) is 8.63. The average Bonchev–Trinajstić information content (AvgIpc) is 3.27. The molecule has 3 aromatic carbocycles. The lowest BCUT2D eigenvalue weighted by molar-refractivity contribution is -0.645. The van der Waals surface area contributed by atoms with Gasteiger partial charge in [0, 0.05) is 29.4 Å². The minimum Gasteiger partial charge on any atom is -0.618 e. The number of nitrogens with zero attached hydrogens (tertiary/aromatic N) is 2. The van der Waals surface area contributed by atoms with Crippen molar-refractivity contribution in [3.63, 3.8) is 0 Å². The lowest BCUT2D eigenvalue weighted by Gasteiger charge is -2.41. The number of thioether (sulfide) groups is 1. The highest BCUT2D eigenvalue weighted by Gasteiger charge is 2.39. The maximum Gasteiger partial charge on any atom is 0.266 e. The number of aliphatic hydroxyl groups excluding tert-OH is 1. The molecule has 2 amide bonds. The fraction of sp³-hybridized carbons (Fsp3) is 0.219. The maximum atomic E-state index is 12.9. The van der Waals surface area contributed by atoms with E-state index in [0.717, 1.165) is 21.4 Å². The van der Waals surface area contributed by atoms with E-state index in [1.165, 1.54) is 22.9 Å². The lowest BCUT2D eigenvalue weighted by Crippen LogP contribution is -2.39. The van der Waals surface area contributed by atoms with E-state index < -0.39 is 6.29 Å². The van der Waals surface area contributed by atoms with Gasteiger partial charge >= 0.3 is 0 Å². The molecule has 0 spiro atoms. The van der Waals surface area contributed by atoms with Gasteiger partial charge in [-0.15, -0.1) is 0 Å². The highest BCUT2D eigenvalue weighted by Crippen LogP contribution is 2.43. The highest BCUT2D eigenvalue weighted by atomic mass is 32.2. The SMILES string of the molecule is CC1C(CSc2cccc[n+]2[O-])OC(c2ccc(N3C(=O)c4ccccc4C3=O)cc2)OC1c1ccc(CO)cc1. The number of pyridine rings is 1. The molecule has 1 aromatic heterocycles. The van der Waals surface area contributed by atoms with Gasteiger partial charge in [-0.1, -0.05) is 67.2 Å². The van der Waals surface area contributed by atoms with Crippen molar-refractivity contribution in [2.75, 3.05) is 10.7 Å². The average molecular weight is 569 g/mol. The number of ether oxygens (including phenoxy) is 2. The van der Waals surface area contributed by atoms with Gasteiger partial charge in [-0.2, -0.15) is 4.73 Å². The molecule has 2 aliphatic rings. The number of rotatable bonds is 7. The quantitative estimate of drug-likeness (QED) is 0.142. The van der Waals surface area contributed by atoms with Gasteiger partial charge in [0.25, 0.3) is 16.8 Å². The molecule has 208 valence electrons. The Kier molecular flexibility index (Phi) is 7.59. The summed E-state index contributed by atoms with van der Waals surface area (Å²) in [5.41, 5.74) is 3.76. The molecule has 1 N–H and O–H groups in total. The Hall–Kier alpha value is -4.02. The lowest BCUT2D eigenvalue weighted by atomic mass is 9.91. The molecule has 0 aliphatic carbocycles. The molecule has 8 nitrogen and oxygen atoms in total. The van der Waals surface area contributed by atoms with Crippen molar-refractivity contribution in [1.82, 2.24) is 0 Å². The van der Waals surface area contributed by atoms with Crippen molar-refractivity contribution in [2.24, 2.45) is 5.92 Å². The van der Waals surface area contributed by atoms with Crippen LogP contribution in [-0.4, -0.2) is 28.8 Å². The first-order valence-corrected chi connectivity index (χ1v) is 14.3. The molecule has 3 heterocycles. The number of carbonyl (C=O) groups is 2. The largest absolute Gasteiger partial charge is 0.618 e. The maximum absolute atomic E-state index is 12.9. The van der Waals surface area contributed by atoms with Gasteiger partial charge in [-0.25, -0.2) is 4.90 Å². The molecule has 4 atom stereocenters. The molecule has 41 heavy (non-hydrogen) atoms. The van der Waals surface area contributed by atoms with Crippen LogP contribution in [0.2, 0.25) is 0 Å². The van der Waals surface area contributed by atoms with Gasteiger partial charge in [-0.3, -0.25) is 9.59 Å². The molecule has 0 bridgehead atoms. The number of anilines is 1. The van der Waals surface area contributed by atoms with Crippen LogP contribution in [0.4, 0.5) is 5.69 Å². The normalized spacial score (nSPS) is 22.1. The Morgan fingerprint density at radius 1 is 0.854 bits per heavy atom. The third-order valence-electron chi connectivity index (χ3n) is 7.52. The van der Waals surface area contributed by atoms with Crippen LogP contribution in [-0.2, 0) is 16.1 Å². The van der Waals surface area contributed by atoms with Crippen molar-refractivity contribution in [2.45, 2.75) is 37.1 Å². The number of carbonyl (C=O) groups excluding carboxylic acids is 2. The number of aliphatic hydroxyl groups is 1. The van der Waals surface area contributed by atoms with Gasteiger partial charge in [0.1, 0.15) is 0 Å². The zero-order chi connectivity index (χ0) is 28.5. The van der Waals surface area contributed by atoms with Gasteiger partial charge in [0.15, 0.2) is 12.5 Å². The molecular formula is C32H28N2O6S. The Bertz CT molecular complexity index is 1540. The molecule has 1 saturated heterocycles. The fourth-order valence-electron chi connectivity index (χ4n) is 5.21. The molecule has 1 fully saturated rings. The van der Waals surface area contributed by atoms with Crippen LogP contribution in [0.25, 0.3) is 0 Å². The number of amides is 2. The summed E-state index contributed by atoms with van der Waals surface area (Å²) in [5, 5.41) is 22.3. The third kappa shape index (κ3) is 5.25. The predicted octanol–water partition coefficient (Wildman–Crippen LogP) is 5.20. The number of aromatic nitrogens is 1. The molecular weight excluding hydrogens is 540 g/mol. The van der Waals surface area contributed by atoms with E-state index >= 15 is 0 Å². The number of benzene rings is 3. The van der Waals surface area contributed by atoms with E-state index in [9.17, 15) is 19.9 Å². The van der Waals surface area contributed by atoms with Gasteiger partial charge in [0.2, 0.25) is 0 Å². The molecule has 4 aromatic rings. The number of hydrogen-bond donors (Lipinski definition) is 1. The van der Waals surface area contributed by atoms with Crippen LogP contribution in [0.5, 0.6) is 0 Å². The van der Waals surface area contributed by atoms with E-state index in [1.54, 1.807) is 60.7 Å². The Balaban J connectivity index is 1.26. The van der Waals surface area contributed by atoms with Crippen LogP contribution >= 0.6 is 11.8 Å². The summed E-state index contributed by atoms with van der Waals surface area (Å²) < 4.78 is 13.8.